The normalized spacial score (nSPS) is 14.2. The molecule has 102 valence electrons. The highest BCUT2D eigenvalue weighted by atomic mass is 32.2. The van der Waals surface area contributed by atoms with Crippen LogP contribution >= 0.6 is 0 Å². The Morgan fingerprint density at radius 1 is 1.42 bits per heavy atom. The van der Waals surface area contributed by atoms with Crippen LogP contribution in [0.2, 0.25) is 0 Å². The third-order valence-electron chi connectivity index (χ3n) is 3.07. The molecule has 2 aromatic rings. The van der Waals surface area contributed by atoms with E-state index in [9.17, 15) is 4.21 Å². The standard InChI is InChI=1S/C13H18N4OS/c1-9(19(2)18)5-6-15-13-11-7-10(14)3-4-12(11)16-8-17-13/h3-4,7-9H,5-6,14H2,1-2H3,(H,15,16,17). The van der Waals surface area contributed by atoms with Gasteiger partial charge in [-0.15, -0.1) is 0 Å². The molecule has 0 aliphatic rings. The maximum atomic E-state index is 11.3. The highest BCUT2D eigenvalue weighted by Gasteiger charge is 2.07. The quantitative estimate of drug-likeness (QED) is 0.815. The largest absolute Gasteiger partial charge is 0.399 e. The number of fused-ring (bicyclic) bond motifs is 1. The number of nitrogen functional groups attached to an aromatic ring is 1. The van der Waals surface area contributed by atoms with E-state index in [1.165, 1.54) is 6.33 Å². The van der Waals surface area contributed by atoms with Crippen molar-refractivity contribution in [2.75, 3.05) is 23.9 Å². The number of nitrogens with one attached hydrogen (secondary N) is 1. The molecule has 1 heterocycles. The van der Waals surface area contributed by atoms with Gasteiger partial charge in [-0.1, -0.05) is 6.92 Å². The number of anilines is 2. The fraction of sp³-hybridized carbons (Fsp3) is 0.385. The Morgan fingerprint density at radius 2 is 2.21 bits per heavy atom. The average molecular weight is 278 g/mol. The fourth-order valence-corrected chi connectivity index (χ4v) is 2.22. The van der Waals surface area contributed by atoms with Gasteiger partial charge < -0.3 is 11.1 Å². The van der Waals surface area contributed by atoms with Gasteiger partial charge in [-0.2, -0.15) is 0 Å². The van der Waals surface area contributed by atoms with Crippen LogP contribution in [0.15, 0.2) is 24.5 Å². The third kappa shape index (κ3) is 3.41. The van der Waals surface area contributed by atoms with Crippen LogP contribution in [0.4, 0.5) is 11.5 Å². The maximum Gasteiger partial charge on any atom is 0.137 e. The van der Waals surface area contributed by atoms with Gasteiger partial charge in [0.25, 0.3) is 0 Å². The van der Waals surface area contributed by atoms with E-state index in [-0.39, 0.29) is 5.25 Å². The van der Waals surface area contributed by atoms with Crippen molar-refractivity contribution in [3.05, 3.63) is 24.5 Å². The number of nitrogens with zero attached hydrogens (tertiary/aromatic N) is 2. The van der Waals surface area contributed by atoms with Crippen LogP contribution in [0, 0.1) is 0 Å². The van der Waals surface area contributed by atoms with Gasteiger partial charge in [-0.3, -0.25) is 4.21 Å². The minimum absolute atomic E-state index is 0.172. The summed E-state index contributed by atoms with van der Waals surface area (Å²) in [6, 6.07) is 5.56. The molecule has 0 bridgehead atoms. The summed E-state index contributed by atoms with van der Waals surface area (Å²) in [7, 11) is -0.792. The number of hydrogen-bond acceptors (Lipinski definition) is 5. The van der Waals surface area contributed by atoms with E-state index in [0.29, 0.717) is 5.69 Å². The van der Waals surface area contributed by atoms with Crippen LogP contribution in [0.25, 0.3) is 10.9 Å². The number of benzene rings is 1. The second-order valence-electron chi connectivity index (χ2n) is 4.52. The SMILES string of the molecule is CC(CCNc1ncnc2ccc(N)cc12)S(C)=O. The lowest BCUT2D eigenvalue weighted by Crippen LogP contribution is -2.15. The van der Waals surface area contributed by atoms with Gasteiger partial charge in [0.2, 0.25) is 0 Å². The molecule has 2 atom stereocenters. The van der Waals surface area contributed by atoms with Crippen LogP contribution in [0.3, 0.4) is 0 Å². The van der Waals surface area contributed by atoms with Crippen molar-refractivity contribution in [1.29, 1.82) is 0 Å². The van der Waals surface area contributed by atoms with Crippen molar-refractivity contribution in [2.24, 2.45) is 0 Å². The molecule has 0 saturated carbocycles. The maximum absolute atomic E-state index is 11.3. The van der Waals surface area contributed by atoms with E-state index in [4.69, 9.17) is 5.73 Å². The van der Waals surface area contributed by atoms with Crippen molar-refractivity contribution in [3.63, 3.8) is 0 Å². The summed E-state index contributed by atoms with van der Waals surface area (Å²) in [6.07, 6.45) is 4.09. The van der Waals surface area contributed by atoms with Gasteiger partial charge in [-0.25, -0.2) is 9.97 Å². The Balaban J connectivity index is 2.12. The van der Waals surface area contributed by atoms with Crippen molar-refractivity contribution in [3.8, 4) is 0 Å². The van der Waals surface area contributed by atoms with Crippen LogP contribution in [0.1, 0.15) is 13.3 Å². The van der Waals surface area contributed by atoms with Gasteiger partial charge in [0.1, 0.15) is 12.1 Å². The Morgan fingerprint density at radius 3 is 2.95 bits per heavy atom. The first-order valence-electron chi connectivity index (χ1n) is 6.14. The monoisotopic (exact) mass is 278 g/mol. The highest BCUT2D eigenvalue weighted by Crippen LogP contribution is 2.21. The molecule has 19 heavy (non-hydrogen) atoms. The Bertz CT molecular complexity index is 602. The molecule has 0 radical (unpaired) electrons. The number of hydrogen-bond donors (Lipinski definition) is 2. The molecule has 1 aromatic carbocycles. The molecule has 3 N–H and O–H groups in total. The van der Waals surface area contributed by atoms with Gasteiger partial charge in [-0.05, 0) is 24.6 Å². The molecular formula is C13H18N4OS. The van der Waals surface area contributed by atoms with Crippen LogP contribution in [-0.4, -0.2) is 32.2 Å². The zero-order valence-electron chi connectivity index (χ0n) is 11.1. The van der Waals surface area contributed by atoms with E-state index in [1.54, 1.807) is 6.26 Å². The van der Waals surface area contributed by atoms with Gasteiger partial charge in [0.15, 0.2) is 0 Å². The summed E-state index contributed by atoms with van der Waals surface area (Å²) in [6.45, 7) is 2.70. The van der Waals surface area contributed by atoms with E-state index < -0.39 is 10.8 Å². The summed E-state index contributed by atoms with van der Waals surface area (Å²) in [4.78, 5) is 8.44. The predicted molar refractivity (Wildman–Crippen MR) is 80.6 cm³/mol. The summed E-state index contributed by atoms with van der Waals surface area (Å²) < 4.78 is 11.3. The van der Waals surface area contributed by atoms with E-state index >= 15 is 0 Å². The minimum atomic E-state index is -0.792. The number of rotatable bonds is 5. The number of aromatic nitrogens is 2. The van der Waals surface area contributed by atoms with Crippen LogP contribution < -0.4 is 11.1 Å². The lowest BCUT2D eigenvalue weighted by Gasteiger charge is -2.11. The summed E-state index contributed by atoms with van der Waals surface area (Å²) in [5.74, 6) is 0.770. The van der Waals surface area contributed by atoms with E-state index in [1.807, 2.05) is 25.1 Å². The Labute approximate surface area is 115 Å². The first-order chi connectivity index (χ1) is 9.08. The second kappa shape index (κ2) is 5.97. The molecule has 0 spiro atoms. The summed E-state index contributed by atoms with van der Waals surface area (Å²) >= 11 is 0. The molecule has 0 fully saturated rings. The molecule has 0 amide bonds. The van der Waals surface area contributed by atoms with Crippen molar-refractivity contribution < 1.29 is 4.21 Å². The highest BCUT2D eigenvalue weighted by molar-refractivity contribution is 7.84. The first kappa shape index (κ1) is 13.7. The lowest BCUT2D eigenvalue weighted by molar-refractivity contribution is 0.672. The van der Waals surface area contributed by atoms with Gasteiger partial charge in [0, 0.05) is 39.9 Å². The molecule has 0 saturated heterocycles. The van der Waals surface area contributed by atoms with E-state index in [2.05, 4.69) is 15.3 Å². The summed E-state index contributed by atoms with van der Waals surface area (Å²) in [5, 5.41) is 4.34. The molecule has 5 nitrogen and oxygen atoms in total. The van der Waals surface area contributed by atoms with Crippen LogP contribution in [-0.2, 0) is 10.8 Å². The van der Waals surface area contributed by atoms with Gasteiger partial charge >= 0.3 is 0 Å². The predicted octanol–water partition coefficient (Wildman–Crippen LogP) is 1.78. The molecule has 2 rings (SSSR count). The smallest absolute Gasteiger partial charge is 0.137 e. The van der Waals surface area contributed by atoms with Crippen molar-refractivity contribution >= 4 is 33.2 Å². The third-order valence-corrected chi connectivity index (χ3v) is 4.44. The minimum Gasteiger partial charge on any atom is -0.399 e. The second-order valence-corrected chi connectivity index (χ2v) is 6.33. The lowest BCUT2D eigenvalue weighted by atomic mass is 10.2. The Kier molecular flexibility index (Phi) is 4.31. The molecular weight excluding hydrogens is 260 g/mol. The molecule has 0 aliphatic carbocycles. The zero-order valence-corrected chi connectivity index (χ0v) is 11.9. The van der Waals surface area contributed by atoms with Gasteiger partial charge in [0.05, 0.1) is 5.52 Å². The Hall–Kier alpha value is -1.69. The van der Waals surface area contributed by atoms with Crippen molar-refractivity contribution in [1.82, 2.24) is 9.97 Å². The number of nitrogens with two attached hydrogens (primary N) is 1. The first-order valence-corrected chi connectivity index (χ1v) is 7.76. The molecule has 6 heteroatoms. The topological polar surface area (TPSA) is 80.9 Å². The fourth-order valence-electron chi connectivity index (χ4n) is 1.77. The molecule has 1 aromatic heterocycles. The summed E-state index contributed by atoms with van der Waals surface area (Å²) in [5.41, 5.74) is 7.33. The average Bonchev–Trinajstić information content (AvgIpc) is 2.39. The van der Waals surface area contributed by atoms with Crippen molar-refractivity contribution in [2.45, 2.75) is 18.6 Å². The molecule has 0 aliphatic heterocycles. The van der Waals surface area contributed by atoms with Crippen LogP contribution in [0.5, 0.6) is 0 Å². The molecule has 2 unspecified atom stereocenters. The zero-order chi connectivity index (χ0) is 13.8. The van der Waals surface area contributed by atoms with E-state index in [0.717, 1.165) is 29.7 Å².